The first kappa shape index (κ1) is 34.9. The van der Waals surface area contributed by atoms with Crippen molar-refractivity contribution in [3.05, 3.63) is 0 Å². The maximum Gasteiger partial charge on any atom is 0.0229 e. The molecule has 0 aromatic heterocycles. The summed E-state index contributed by atoms with van der Waals surface area (Å²) in [6.45, 7) is 29.9. The smallest absolute Gasteiger partial charge is 0.0229 e. The third-order valence-electron chi connectivity index (χ3n) is 4.92. The zero-order valence-electron chi connectivity index (χ0n) is 23.1. The van der Waals surface area contributed by atoms with Gasteiger partial charge >= 0.3 is 0 Å². The number of hydrogen-bond acceptors (Lipinski definition) is 3. The lowest BCUT2D eigenvalue weighted by Crippen LogP contribution is -2.50. The van der Waals surface area contributed by atoms with Gasteiger partial charge in [0.2, 0.25) is 0 Å². The lowest BCUT2D eigenvalue weighted by Gasteiger charge is -2.39. The van der Waals surface area contributed by atoms with Crippen LogP contribution in [0, 0.1) is 0 Å². The van der Waals surface area contributed by atoms with Gasteiger partial charge in [-0.2, -0.15) is 0 Å². The largest absolute Gasteiger partial charge is 0.301 e. The Balaban J connectivity index is -0.000000341. The van der Waals surface area contributed by atoms with Crippen LogP contribution in [0.15, 0.2) is 0 Å². The SMILES string of the molecule is C1CC1.CC.CC.CC(C)N1CCCCC1.CC1CN(C(C)C)CCN1P.CCC. The third-order valence-corrected chi connectivity index (χ3v) is 5.68. The number of nitrogens with zero attached hydrogens (tertiary/aromatic N) is 3. The van der Waals surface area contributed by atoms with Crippen molar-refractivity contribution in [2.45, 2.75) is 139 Å². The summed E-state index contributed by atoms with van der Waals surface area (Å²) in [7, 11) is 2.80. The first-order chi connectivity index (χ1) is 14.3. The molecule has 3 nitrogen and oxygen atoms in total. The molecule has 3 aliphatic rings. The Morgan fingerprint density at radius 3 is 1.30 bits per heavy atom. The van der Waals surface area contributed by atoms with E-state index in [2.05, 4.69) is 72.3 Å². The van der Waals surface area contributed by atoms with Crippen molar-refractivity contribution in [3.63, 3.8) is 0 Å². The van der Waals surface area contributed by atoms with E-state index >= 15 is 0 Å². The van der Waals surface area contributed by atoms with Crippen LogP contribution in [0.2, 0.25) is 0 Å². The van der Waals surface area contributed by atoms with Gasteiger partial charge < -0.3 is 4.90 Å². The maximum atomic E-state index is 2.80. The van der Waals surface area contributed by atoms with Crippen molar-refractivity contribution in [2.24, 2.45) is 0 Å². The Kier molecular flexibility index (Phi) is 29.8. The van der Waals surface area contributed by atoms with Crippen molar-refractivity contribution in [1.29, 1.82) is 0 Å². The zero-order valence-corrected chi connectivity index (χ0v) is 24.3. The van der Waals surface area contributed by atoms with Gasteiger partial charge in [-0.1, -0.05) is 83.0 Å². The van der Waals surface area contributed by atoms with E-state index in [4.69, 9.17) is 0 Å². The van der Waals surface area contributed by atoms with Gasteiger partial charge in [0.25, 0.3) is 0 Å². The van der Waals surface area contributed by atoms with E-state index in [0.717, 1.165) is 6.04 Å². The molecule has 0 radical (unpaired) electrons. The predicted molar refractivity (Wildman–Crippen MR) is 146 cm³/mol. The second-order valence-corrected chi connectivity index (χ2v) is 9.30. The lowest BCUT2D eigenvalue weighted by molar-refractivity contribution is 0.122. The van der Waals surface area contributed by atoms with Crippen LogP contribution in [0.5, 0.6) is 0 Å². The van der Waals surface area contributed by atoms with Crippen LogP contribution in [0.3, 0.4) is 0 Å². The summed E-state index contributed by atoms with van der Waals surface area (Å²) in [6, 6.07) is 2.16. The lowest BCUT2D eigenvalue weighted by atomic mass is 10.1. The first-order valence-corrected chi connectivity index (χ1v) is 13.8. The number of rotatable bonds is 2. The Morgan fingerprint density at radius 1 is 0.667 bits per heavy atom. The summed E-state index contributed by atoms with van der Waals surface area (Å²) in [5, 5.41) is 0. The number of hydrogen-bond donors (Lipinski definition) is 0. The molecule has 2 atom stereocenters. The van der Waals surface area contributed by atoms with E-state index < -0.39 is 0 Å². The van der Waals surface area contributed by atoms with E-state index in [1.165, 1.54) is 77.7 Å². The summed E-state index contributed by atoms with van der Waals surface area (Å²) in [6.07, 6.45) is 10.0. The number of piperidine rings is 1. The van der Waals surface area contributed by atoms with Crippen LogP contribution in [-0.2, 0) is 0 Å². The molecule has 2 heterocycles. The monoisotopic (exact) mass is 447 g/mol. The van der Waals surface area contributed by atoms with Gasteiger partial charge in [0.1, 0.15) is 0 Å². The van der Waals surface area contributed by atoms with Gasteiger partial charge in [-0.05, 0) is 60.5 Å². The van der Waals surface area contributed by atoms with Gasteiger partial charge in [-0.25, -0.2) is 0 Å². The van der Waals surface area contributed by atoms with Crippen LogP contribution in [0.25, 0.3) is 0 Å². The van der Waals surface area contributed by atoms with E-state index in [-0.39, 0.29) is 0 Å². The molecular formula is C26H62N3P. The van der Waals surface area contributed by atoms with Gasteiger partial charge in [-0.15, -0.1) is 0 Å². The van der Waals surface area contributed by atoms with Crippen LogP contribution < -0.4 is 0 Å². The van der Waals surface area contributed by atoms with Crippen molar-refractivity contribution in [3.8, 4) is 0 Å². The molecule has 0 aromatic carbocycles. The first-order valence-electron chi connectivity index (χ1n) is 13.3. The molecule has 1 saturated carbocycles. The van der Waals surface area contributed by atoms with Crippen molar-refractivity contribution < 1.29 is 0 Å². The molecule has 0 N–H and O–H groups in total. The third kappa shape index (κ3) is 23.0. The Hall–Kier alpha value is 0.310. The van der Waals surface area contributed by atoms with Crippen LogP contribution in [0.4, 0.5) is 0 Å². The molecule has 0 amide bonds. The molecule has 0 aromatic rings. The van der Waals surface area contributed by atoms with Crippen LogP contribution in [0.1, 0.15) is 121 Å². The fourth-order valence-corrected chi connectivity index (χ4v) is 3.11. The molecule has 3 fully saturated rings. The van der Waals surface area contributed by atoms with Crippen molar-refractivity contribution in [1.82, 2.24) is 14.5 Å². The average molecular weight is 448 g/mol. The Labute approximate surface area is 196 Å². The van der Waals surface area contributed by atoms with Crippen molar-refractivity contribution >= 4 is 9.39 Å². The highest BCUT2D eigenvalue weighted by molar-refractivity contribution is 7.13. The molecule has 30 heavy (non-hydrogen) atoms. The predicted octanol–water partition coefficient (Wildman–Crippen LogP) is 7.71. The topological polar surface area (TPSA) is 9.72 Å². The molecule has 0 spiro atoms. The normalized spacial score (nSPS) is 21.2. The summed E-state index contributed by atoms with van der Waals surface area (Å²) in [5.74, 6) is 0. The van der Waals surface area contributed by atoms with Crippen LogP contribution >= 0.6 is 9.39 Å². The minimum Gasteiger partial charge on any atom is -0.301 e. The van der Waals surface area contributed by atoms with E-state index in [1.807, 2.05) is 27.7 Å². The highest BCUT2D eigenvalue weighted by atomic mass is 31.0. The van der Waals surface area contributed by atoms with Crippen LogP contribution in [-0.4, -0.2) is 65.3 Å². The molecule has 186 valence electrons. The fourth-order valence-electron chi connectivity index (χ4n) is 2.90. The van der Waals surface area contributed by atoms with Gasteiger partial charge in [0.05, 0.1) is 0 Å². The number of likely N-dealkylation sites (tertiary alicyclic amines) is 1. The molecule has 2 unspecified atom stereocenters. The van der Waals surface area contributed by atoms with Crippen molar-refractivity contribution in [2.75, 3.05) is 32.7 Å². The van der Waals surface area contributed by atoms with Gasteiger partial charge in [-0.3, -0.25) is 9.57 Å². The quantitative estimate of drug-likeness (QED) is 0.401. The molecule has 0 bridgehead atoms. The summed E-state index contributed by atoms with van der Waals surface area (Å²) < 4.78 is 2.35. The number of piperazine rings is 1. The Morgan fingerprint density at radius 2 is 1.03 bits per heavy atom. The molecular weight excluding hydrogens is 385 g/mol. The minimum absolute atomic E-state index is 0.691. The van der Waals surface area contributed by atoms with Gasteiger partial charge in [0.15, 0.2) is 0 Å². The van der Waals surface area contributed by atoms with E-state index in [0.29, 0.717) is 12.1 Å². The van der Waals surface area contributed by atoms with E-state index in [1.54, 1.807) is 0 Å². The molecule has 2 aliphatic heterocycles. The highest BCUT2D eigenvalue weighted by Crippen LogP contribution is 2.15. The molecule has 3 rings (SSSR count). The summed E-state index contributed by atoms with van der Waals surface area (Å²) in [5.41, 5.74) is 0. The fraction of sp³-hybridized carbons (Fsp3) is 1.00. The molecule has 1 aliphatic carbocycles. The second kappa shape index (κ2) is 25.6. The molecule has 4 heteroatoms. The Bertz CT molecular complexity index is 300. The second-order valence-electron chi connectivity index (χ2n) is 8.63. The minimum atomic E-state index is 0.691. The zero-order chi connectivity index (χ0) is 23.9. The van der Waals surface area contributed by atoms with E-state index in [9.17, 15) is 0 Å². The molecule has 2 saturated heterocycles. The highest BCUT2D eigenvalue weighted by Gasteiger charge is 2.21. The maximum absolute atomic E-state index is 2.80. The summed E-state index contributed by atoms with van der Waals surface area (Å²) in [4.78, 5) is 5.09. The average Bonchev–Trinajstić information content (AvgIpc) is 3.64. The standard InChI is InChI=1S/C8H19N2P.C8H17N.C3H6.C3H8.2C2H6/c1-7(2)9-4-5-10(11)8(3)6-9;1-8(2)9-6-4-3-5-7-9;1-2-3-1;1-3-2;2*1-2/h7-8H,4-6,11H2,1-3H3;8H,3-7H2,1-2H3;1-3H2;3H2,1-2H3;2*1-2H3. The van der Waals surface area contributed by atoms with Gasteiger partial charge in [0, 0.05) is 37.8 Å². The summed E-state index contributed by atoms with van der Waals surface area (Å²) >= 11 is 0.